The molecule has 0 aliphatic carbocycles. The maximum absolute atomic E-state index is 12.4. The van der Waals surface area contributed by atoms with Gasteiger partial charge in [-0.3, -0.25) is 9.79 Å². The molecule has 1 atom stereocenters. The van der Waals surface area contributed by atoms with Crippen LogP contribution < -0.4 is 5.32 Å². The Labute approximate surface area is 184 Å². The highest BCUT2D eigenvalue weighted by Gasteiger charge is 2.30. The molecule has 1 aromatic rings. The second-order valence-electron chi connectivity index (χ2n) is 6.24. The highest BCUT2D eigenvalue weighted by atomic mass is 127. The maximum atomic E-state index is 12.4. The number of hydrogen-bond acceptors (Lipinski definition) is 4. The molecule has 26 heavy (non-hydrogen) atoms. The summed E-state index contributed by atoms with van der Waals surface area (Å²) in [5, 5.41) is 3.44. The minimum absolute atomic E-state index is 0. The Hall–Kier alpha value is -0.390. The quantitative estimate of drug-likeness (QED) is 0.352. The van der Waals surface area contributed by atoms with Gasteiger partial charge < -0.3 is 19.9 Å². The van der Waals surface area contributed by atoms with Crippen LogP contribution >= 0.6 is 51.2 Å². The van der Waals surface area contributed by atoms with Crippen LogP contribution in [0.5, 0.6) is 0 Å². The summed E-state index contributed by atoms with van der Waals surface area (Å²) in [5.74, 6) is 1.07. The number of halogens is 2. The Kier molecular flexibility index (Phi) is 9.11. The highest BCUT2D eigenvalue weighted by Crippen LogP contribution is 2.22. The van der Waals surface area contributed by atoms with Gasteiger partial charge in [0, 0.05) is 51.3 Å². The maximum Gasteiger partial charge on any atom is 0.251 e. The van der Waals surface area contributed by atoms with Gasteiger partial charge in [0.2, 0.25) is 0 Å². The zero-order chi connectivity index (χ0) is 17.6. The lowest BCUT2D eigenvalue weighted by Gasteiger charge is -2.37. The van der Waals surface area contributed by atoms with Gasteiger partial charge in [-0.1, -0.05) is 0 Å². The van der Waals surface area contributed by atoms with E-state index in [1.54, 1.807) is 11.3 Å². The smallest absolute Gasteiger partial charge is 0.251 e. The van der Waals surface area contributed by atoms with Crippen LogP contribution in [0.25, 0.3) is 0 Å². The molecule has 3 heterocycles. The largest absolute Gasteiger partial charge is 0.368 e. The Balaban J connectivity index is 0.00000243. The number of carbonyl (C=O) groups excluding carboxylic acids is 1. The van der Waals surface area contributed by atoms with Gasteiger partial charge in [-0.05, 0) is 47.3 Å². The van der Waals surface area contributed by atoms with Gasteiger partial charge >= 0.3 is 0 Å². The zero-order valence-electron chi connectivity index (χ0n) is 14.9. The van der Waals surface area contributed by atoms with E-state index in [1.807, 2.05) is 11.9 Å². The van der Waals surface area contributed by atoms with E-state index in [1.165, 1.54) is 8.66 Å². The normalized spacial score (nSPS) is 20.8. The van der Waals surface area contributed by atoms with Crippen molar-refractivity contribution in [2.75, 3.05) is 46.4 Å². The fraction of sp³-hybridized carbons (Fsp3) is 0.647. The average Bonchev–Trinajstić information content (AvgIpc) is 3.30. The van der Waals surface area contributed by atoms with Crippen LogP contribution in [-0.2, 0) is 16.0 Å². The van der Waals surface area contributed by atoms with E-state index in [2.05, 4.69) is 43.3 Å². The minimum Gasteiger partial charge on any atom is -0.368 e. The first-order valence-corrected chi connectivity index (χ1v) is 10.4. The van der Waals surface area contributed by atoms with Crippen molar-refractivity contribution in [3.05, 3.63) is 20.8 Å². The first-order chi connectivity index (χ1) is 12.2. The lowest BCUT2D eigenvalue weighted by Crippen LogP contribution is -2.55. The predicted molar refractivity (Wildman–Crippen MR) is 120 cm³/mol. The molecule has 2 saturated heterocycles. The number of aliphatic imine (C=N–C) groups is 1. The van der Waals surface area contributed by atoms with Crippen LogP contribution in [0.15, 0.2) is 20.9 Å². The van der Waals surface area contributed by atoms with Crippen molar-refractivity contribution in [3.63, 3.8) is 0 Å². The van der Waals surface area contributed by atoms with Gasteiger partial charge in [-0.15, -0.1) is 35.3 Å². The number of nitrogens with zero attached hydrogens (tertiary/aromatic N) is 3. The standard InChI is InChI=1S/C17H25BrN4O2S.HI/c1-19-17(20-7-6-13-4-5-15(18)25-13)22-10-8-21(9-11-22)16(23)14-3-2-12-24-14;/h4-5,14H,2-3,6-12H2,1H3,(H,19,20);1H. The number of carbonyl (C=O) groups is 1. The van der Waals surface area contributed by atoms with Crippen LogP contribution in [0.4, 0.5) is 0 Å². The first-order valence-electron chi connectivity index (χ1n) is 8.77. The summed E-state index contributed by atoms with van der Waals surface area (Å²) in [5.41, 5.74) is 0. The van der Waals surface area contributed by atoms with Crippen molar-refractivity contribution < 1.29 is 9.53 Å². The summed E-state index contributed by atoms with van der Waals surface area (Å²) in [4.78, 5) is 22.3. The summed E-state index contributed by atoms with van der Waals surface area (Å²) in [6.45, 7) is 4.66. The zero-order valence-corrected chi connectivity index (χ0v) is 19.7. The van der Waals surface area contributed by atoms with Crippen LogP contribution in [0.1, 0.15) is 17.7 Å². The summed E-state index contributed by atoms with van der Waals surface area (Å²) in [6, 6.07) is 4.23. The topological polar surface area (TPSA) is 57.2 Å². The van der Waals surface area contributed by atoms with Crippen LogP contribution in [-0.4, -0.2) is 74.1 Å². The van der Waals surface area contributed by atoms with E-state index in [0.717, 1.165) is 57.9 Å². The monoisotopic (exact) mass is 556 g/mol. The van der Waals surface area contributed by atoms with E-state index in [-0.39, 0.29) is 36.0 Å². The van der Waals surface area contributed by atoms with Crippen LogP contribution in [0.2, 0.25) is 0 Å². The number of piperazine rings is 1. The number of thiophene rings is 1. The number of ether oxygens (including phenoxy) is 1. The van der Waals surface area contributed by atoms with Gasteiger partial charge in [0.25, 0.3) is 5.91 Å². The van der Waals surface area contributed by atoms with Gasteiger partial charge in [0.15, 0.2) is 5.96 Å². The van der Waals surface area contributed by atoms with E-state index >= 15 is 0 Å². The van der Waals surface area contributed by atoms with Gasteiger partial charge in [0.1, 0.15) is 6.10 Å². The minimum atomic E-state index is -0.214. The Morgan fingerprint density at radius 3 is 2.65 bits per heavy atom. The molecule has 1 aromatic heterocycles. The third kappa shape index (κ3) is 5.80. The van der Waals surface area contributed by atoms with Gasteiger partial charge in [-0.25, -0.2) is 0 Å². The molecule has 0 radical (unpaired) electrons. The molecule has 9 heteroatoms. The van der Waals surface area contributed by atoms with Crippen molar-refractivity contribution in [2.45, 2.75) is 25.4 Å². The predicted octanol–water partition coefficient (Wildman–Crippen LogP) is 2.57. The fourth-order valence-electron chi connectivity index (χ4n) is 3.23. The summed E-state index contributed by atoms with van der Waals surface area (Å²) < 4.78 is 6.68. The number of nitrogens with one attached hydrogen (secondary N) is 1. The molecule has 3 rings (SSSR count). The lowest BCUT2D eigenvalue weighted by atomic mass is 10.2. The van der Waals surface area contributed by atoms with Crippen molar-refractivity contribution >= 4 is 63.1 Å². The van der Waals surface area contributed by atoms with E-state index < -0.39 is 0 Å². The molecular formula is C17H26BrIN4O2S. The highest BCUT2D eigenvalue weighted by molar-refractivity contribution is 14.0. The second-order valence-corrected chi connectivity index (χ2v) is 8.79. The molecule has 0 spiro atoms. The molecule has 2 fully saturated rings. The Morgan fingerprint density at radius 1 is 1.35 bits per heavy atom. The van der Waals surface area contributed by atoms with Crippen molar-refractivity contribution in [3.8, 4) is 0 Å². The Bertz CT molecular complexity index is 614. The fourth-order valence-corrected chi connectivity index (χ4v) is 4.71. The molecule has 2 aliphatic heterocycles. The van der Waals surface area contributed by atoms with Crippen molar-refractivity contribution in [2.24, 2.45) is 4.99 Å². The van der Waals surface area contributed by atoms with Crippen molar-refractivity contribution in [1.29, 1.82) is 0 Å². The summed E-state index contributed by atoms with van der Waals surface area (Å²) in [6.07, 6.45) is 2.62. The Morgan fingerprint density at radius 2 is 2.08 bits per heavy atom. The van der Waals surface area contributed by atoms with Crippen LogP contribution in [0, 0.1) is 0 Å². The molecule has 1 amide bonds. The molecule has 0 bridgehead atoms. The molecule has 1 unspecified atom stereocenters. The second kappa shape index (κ2) is 10.8. The molecular weight excluding hydrogens is 531 g/mol. The molecule has 2 aliphatic rings. The number of rotatable bonds is 4. The average molecular weight is 557 g/mol. The molecule has 146 valence electrons. The SMILES string of the molecule is CN=C(NCCc1ccc(Br)s1)N1CCN(C(=O)C2CCCO2)CC1.I. The van der Waals surface area contributed by atoms with E-state index in [4.69, 9.17) is 4.74 Å². The molecule has 1 N–H and O–H groups in total. The van der Waals surface area contributed by atoms with E-state index in [9.17, 15) is 4.79 Å². The number of guanidine groups is 1. The molecule has 6 nitrogen and oxygen atoms in total. The van der Waals surface area contributed by atoms with E-state index in [0.29, 0.717) is 6.61 Å². The van der Waals surface area contributed by atoms with Crippen molar-refractivity contribution in [1.82, 2.24) is 15.1 Å². The molecule has 0 saturated carbocycles. The number of hydrogen-bond donors (Lipinski definition) is 1. The third-order valence-corrected chi connectivity index (χ3v) is 6.27. The molecule has 0 aromatic carbocycles. The van der Waals surface area contributed by atoms with Gasteiger partial charge in [0.05, 0.1) is 3.79 Å². The first kappa shape index (κ1) is 21.9. The van der Waals surface area contributed by atoms with Crippen LogP contribution in [0.3, 0.4) is 0 Å². The lowest BCUT2D eigenvalue weighted by molar-refractivity contribution is -0.142. The number of amides is 1. The summed E-state index contributed by atoms with van der Waals surface area (Å²) >= 11 is 5.26. The van der Waals surface area contributed by atoms with Gasteiger partial charge in [-0.2, -0.15) is 0 Å². The summed E-state index contributed by atoms with van der Waals surface area (Å²) in [7, 11) is 1.81. The third-order valence-electron chi connectivity index (χ3n) is 4.59.